The van der Waals surface area contributed by atoms with Gasteiger partial charge in [0.25, 0.3) is 10.0 Å². The lowest BCUT2D eigenvalue weighted by molar-refractivity contribution is 0.137. The zero-order chi connectivity index (χ0) is 47.5. The Labute approximate surface area is 387 Å². The van der Waals surface area contributed by atoms with E-state index in [1.54, 1.807) is 69.7 Å². The molecule has 0 aliphatic carbocycles. The van der Waals surface area contributed by atoms with Crippen molar-refractivity contribution >= 4 is 51.2 Å². The maximum Gasteiger partial charge on any atom is 0.407 e. The first-order valence-electron chi connectivity index (χ1n) is 20.8. The van der Waals surface area contributed by atoms with E-state index in [9.17, 15) is 31.9 Å². The highest BCUT2D eigenvalue weighted by atomic mass is 32.2. The number of hydrogen-bond donors (Lipinski definition) is 4. The molecule has 1 unspecified atom stereocenters. The zero-order valence-electron chi connectivity index (χ0n) is 36.7. The molecule has 21 heteroatoms. The number of ether oxygens (including phenoxy) is 5. The van der Waals surface area contributed by atoms with Crippen LogP contribution in [0.1, 0.15) is 47.9 Å². The average molecular weight is 970 g/mol. The molecule has 17 nitrogen and oxygen atoms in total. The van der Waals surface area contributed by atoms with E-state index < -0.39 is 41.9 Å². The van der Waals surface area contributed by atoms with E-state index in [1.165, 1.54) is 0 Å². The lowest BCUT2D eigenvalue weighted by atomic mass is 10.2. The average Bonchev–Trinajstić information content (AvgIpc) is 3.65. The molecule has 66 heavy (non-hydrogen) atoms. The van der Waals surface area contributed by atoms with Gasteiger partial charge >= 0.3 is 19.8 Å². The monoisotopic (exact) mass is 969 g/mol. The molecule has 0 spiro atoms. The second-order valence-electron chi connectivity index (χ2n) is 14.8. The highest BCUT2D eigenvalue weighted by Gasteiger charge is 2.28. The number of nitrogens with one attached hydrogen (secondary N) is 3. The summed E-state index contributed by atoms with van der Waals surface area (Å²) in [7, 11) is -5.73. The minimum absolute atomic E-state index is 0.0599. The SMILES string of the molecule is COc1ccc(COC(=O)NCCCCN(CCCNC(=O)OCc2ccc(OC)cc2)CCCOc2ccc3sc(S(=O)(=O)NCP(=O)(O)Oc4ccc(C#N)c(F)c4)c(C)c3c2)cc1. The summed E-state index contributed by atoms with van der Waals surface area (Å²) in [4.78, 5) is 37.2. The number of hydrogen-bond acceptors (Lipinski definition) is 14. The molecule has 0 fully saturated rings. The number of benzene rings is 4. The molecule has 1 aromatic heterocycles. The van der Waals surface area contributed by atoms with Crippen LogP contribution in [0.25, 0.3) is 10.1 Å². The number of nitrogens with zero attached hydrogens (tertiary/aromatic N) is 2. The molecule has 5 rings (SSSR count). The molecule has 2 amide bonds. The Morgan fingerprint density at radius 2 is 1.35 bits per heavy atom. The first-order chi connectivity index (χ1) is 31.7. The first-order valence-corrected chi connectivity index (χ1v) is 24.9. The predicted octanol–water partition coefficient (Wildman–Crippen LogP) is 7.83. The number of carbonyl (C=O) groups excluding carboxylic acids is 2. The van der Waals surface area contributed by atoms with Crippen molar-refractivity contribution in [2.75, 3.05) is 59.8 Å². The third-order valence-corrected chi connectivity index (χ3v) is 14.5. The Morgan fingerprint density at radius 1 is 0.788 bits per heavy atom. The van der Waals surface area contributed by atoms with Crippen molar-refractivity contribution < 1.29 is 60.1 Å². The number of aryl methyl sites for hydroxylation is 1. The second-order valence-corrected chi connectivity index (χ2v) is 19.6. The standard InChI is InChI=1S/C45H53FN5O12PS2/c1-32-40-26-38(18-19-42(40)65-43(32)66(56,57)50-31-64(54,55)63-39-17-12-35(28-47)41(46)27-39)60-25-7-24-51(23-6-21-49-45(53)62-30-34-10-15-37(59-3)16-11-34)22-5-4-20-48-44(52)61-29-33-8-13-36(58-2)14-9-33/h8-19,26-27,50H,4-7,20-25,29-31H2,1-3H3,(H,48,52)(H,49,53)(H,54,55). The first kappa shape index (κ1) is 51.1. The van der Waals surface area contributed by atoms with Crippen molar-refractivity contribution in [3.8, 4) is 29.1 Å². The summed E-state index contributed by atoms with van der Waals surface area (Å²) in [6.45, 7) is 5.14. The number of halogens is 1. The molecule has 1 atom stereocenters. The van der Waals surface area contributed by atoms with E-state index in [-0.39, 0.29) is 28.7 Å². The summed E-state index contributed by atoms with van der Waals surface area (Å²) in [5.41, 5.74) is 1.80. The number of fused-ring (bicyclic) bond motifs is 1. The highest BCUT2D eigenvalue weighted by molar-refractivity contribution is 7.92. The van der Waals surface area contributed by atoms with Crippen LogP contribution in [0.3, 0.4) is 0 Å². The van der Waals surface area contributed by atoms with Gasteiger partial charge in [-0.1, -0.05) is 24.3 Å². The van der Waals surface area contributed by atoms with Gasteiger partial charge in [-0.2, -0.15) is 9.98 Å². The number of rotatable bonds is 26. The van der Waals surface area contributed by atoms with Gasteiger partial charge in [-0.15, -0.1) is 11.3 Å². The molecule has 0 bridgehead atoms. The number of carbonyl (C=O) groups is 2. The Morgan fingerprint density at radius 3 is 1.94 bits per heavy atom. The van der Waals surface area contributed by atoms with Crippen molar-refractivity contribution in [3.63, 3.8) is 0 Å². The summed E-state index contributed by atoms with van der Waals surface area (Å²) < 4.78 is 88.1. The van der Waals surface area contributed by atoms with Crippen LogP contribution in [-0.4, -0.2) is 90.2 Å². The predicted molar refractivity (Wildman–Crippen MR) is 246 cm³/mol. The lowest BCUT2D eigenvalue weighted by Crippen LogP contribution is -2.32. The van der Waals surface area contributed by atoms with Gasteiger partial charge in [0.05, 0.1) is 26.4 Å². The van der Waals surface area contributed by atoms with Gasteiger partial charge in [-0.3, -0.25) is 0 Å². The van der Waals surface area contributed by atoms with Crippen LogP contribution in [0, 0.1) is 24.1 Å². The summed E-state index contributed by atoms with van der Waals surface area (Å²) in [5, 5.41) is 15.1. The van der Waals surface area contributed by atoms with E-state index in [0.29, 0.717) is 84.9 Å². The van der Waals surface area contributed by atoms with E-state index >= 15 is 0 Å². The Bertz CT molecular complexity index is 2590. The molecule has 5 aromatic rings. The number of thiophene rings is 1. The fourth-order valence-corrected chi connectivity index (χ4v) is 10.7. The van der Waals surface area contributed by atoms with Crippen LogP contribution >= 0.6 is 18.9 Å². The molecule has 0 aliphatic heterocycles. The molecule has 354 valence electrons. The summed E-state index contributed by atoms with van der Waals surface area (Å²) in [6, 6.07) is 24.3. The Hall–Kier alpha value is -5.94. The third kappa shape index (κ3) is 16.2. The molecule has 0 radical (unpaired) electrons. The maximum atomic E-state index is 14.0. The van der Waals surface area contributed by atoms with Crippen molar-refractivity contribution in [2.45, 2.75) is 50.0 Å². The van der Waals surface area contributed by atoms with Crippen molar-refractivity contribution in [2.24, 2.45) is 0 Å². The molecule has 0 saturated carbocycles. The normalized spacial score (nSPS) is 12.2. The number of amides is 2. The molecular formula is C45H53FN5O12PS2. The van der Waals surface area contributed by atoms with Crippen LogP contribution in [0.2, 0.25) is 0 Å². The van der Waals surface area contributed by atoms with E-state index in [1.807, 2.05) is 24.3 Å². The number of methoxy groups -OCH3 is 2. The minimum Gasteiger partial charge on any atom is -0.497 e. The molecule has 4 aromatic carbocycles. The van der Waals surface area contributed by atoms with Gasteiger partial charge in [0.1, 0.15) is 58.6 Å². The number of nitriles is 1. The van der Waals surface area contributed by atoms with E-state index in [0.717, 1.165) is 53.6 Å². The van der Waals surface area contributed by atoms with Crippen LogP contribution in [0.5, 0.6) is 23.0 Å². The van der Waals surface area contributed by atoms with Gasteiger partial charge in [0, 0.05) is 35.8 Å². The van der Waals surface area contributed by atoms with Crippen LogP contribution in [0.15, 0.2) is 89.1 Å². The van der Waals surface area contributed by atoms with Gasteiger partial charge in [0.15, 0.2) is 0 Å². The van der Waals surface area contributed by atoms with Gasteiger partial charge in [-0.25, -0.2) is 27.0 Å². The molecular weight excluding hydrogens is 917 g/mol. The molecule has 4 N–H and O–H groups in total. The van der Waals surface area contributed by atoms with Crippen LogP contribution < -0.4 is 34.1 Å². The summed E-state index contributed by atoms with van der Waals surface area (Å²) >= 11 is 0.984. The Kier molecular flexibility index (Phi) is 19.4. The highest BCUT2D eigenvalue weighted by Crippen LogP contribution is 2.43. The smallest absolute Gasteiger partial charge is 0.407 e. The second kappa shape index (κ2) is 25.1. The van der Waals surface area contributed by atoms with Crippen molar-refractivity contribution in [3.05, 3.63) is 113 Å². The number of sulfonamides is 1. The molecule has 0 aliphatic rings. The summed E-state index contributed by atoms with van der Waals surface area (Å²) in [5.74, 6) is 0.658. The topological polar surface area (TPSA) is 224 Å². The fourth-order valence-electron chi connectivity index (χ4n) is 6.40. The van der Waals surface area contributed by atoms with Crippen molar-refractivity contribution in [1.29, 1.82) is 5.26 Å². The maximum absolute atomic E-state index is 14.0. The van der Waals surface area contributed by atoms with E-state index in [2.05, 4.69) is 20.3 Å². The molecule has 1 heterocycles. The summed E-state index contributed by atoms with van der Waals surface area (Å²) in [6.07, 6.45) is 0.789. The Balaban J connectivity index is 1.09. The minimum atomic E-state index is -4.62. The van der Waals surface area contributed by atoms with Gasteiger partial charge in [-0.05, 0) is 117 Å². The van der Waals surface area contributed by atoms with Crippen molar-refractivity contribution in [1.82, 2.24) is 20.3 Å². The molecule has 0 saturated heterocycles. The van der Waals surface area contributed by atoms with Crippen LogP contribution in [-0.2, 0) is 37.3 Å². The number of alkyl carbamates (subject to hydrolysis) is 2. The van der Waals surface area contributed by atoms with E-state index in [4.69, 9.17) is 33.5 Å². The lowest BCUT2D eigenvalue weighted by Gasteiger charge is -2.22. The third-order valence-electron chi connectivity index (χ3n) is 9.91. The van der Waals surface area contributed by atoms with Crippen LogP contribution in [0.4, 0.5) is 14.0 Å². The number of unbranched alkanes of at least 4 members (excludes halogenated alkanes) is 1. The zero-order valence-corrected chi connectivity index (χ0v) is 39.3. The largest absolute Gasteiger partial charge is 0.497 e. The fraction of sp³-hybridized carbons (Fsp3) is 0.356. The quantitative estimate of drug-likeness (QED) is 0.0306. The van der Waals surface area contributed by atoms with Gasteiger partial charge in [0.2, 0.25) is 0 Å². The van der Waals surface area contributed by atoms with Gasteiger partial charge < -0.3 is 48.6 Å².